The topological polar surface area (TPSA) is 21.3 Å². The molecule has 0 aromatic heterocycles. The van der Waals surface area contributed by atoms with Gasteiger partial charge in [0, 0.05) is 12.6 Å². The molecular weight excluding hydrogens is 198 g/mol. The molecule has 2 heteroatoms. The van der Waals surface area contributed by atoms with E-state index in [0.29, 0.717) is 12.1 Å². The summed E-state index contributed by atoms with van der Waals surface area (Å²) in [5.41, 5.74) is 0. The van der Waals surface area contributed by atoms with Crippen LogP contribution < -0.4 is 5.32 Å². The van der Waals surface area contributed by atoms with Crippen molar-refractivity contribution in [2.24, 2.45) is 0 Å². The molecule has 1 unspecified atom stereocenters. The maximum absolute atomic E-state index is 5.76. The maximum Gasteiger partial charge on any atom is 0.0547 e. The Labute approximate surface area is 102 Å². The highest BCUT2D eigenvalue weighted by molar-refractivity contribution is 4.54. The van der Waals surface area contributed by atoms with Gasteiger partial charge in [-0.3, -0.25) is 0 Å². The third-order valence-corrected chi connectivity index (χ3v) is 2.74. The van der Waals surface area contributed by atoms with Crippen LogP contribution in [0.5, 0.6) is 0 Å². The SMILES string of the molecule is CCCCCCC(C)OCCCNC(C)C. The molecule has 98 valence electrons. The molecule has 0 fully saturated rings. The molecule has 0 rings (SSSR count). The number of unbranched alkanes of at least 4 members (excludes halogenated alkanes) is 3. The minimum absolute atomic E-state index is 0.441. The van der Waals surface area contributed by atoms with Crippen LogP contribution in [0.25, 0.3) is 0 Å². The van der Waals surface area contributed by atoms with Gasteiger partial charge in [-0.15, -0.1) is 0 Å². The zero-order chi connectivity index (χ0) is 12.2. The predicted octanol–water partition coefficient (Wildman–Crippen LogP) is 3.75. The van der Waals surface area contributed by atoms with E-state index in [1.807, 2.05) is 0 Å². The summed E-state index contributed by atoms with van der Waals surface area (Å²) in [5.74, 6) is 0. The molecule has 16 heavy (non-hydrogen) atoms. The highest BCUT2D eigenvalue weighted by Gasteiger charge is 2.01. The molecule has 0 radical (unpaired) electrons. The van der Waals surface area contributed by atoms with Gasteiger partial charge in [-0.05, 0) is 26.3 Å². The smallest absolute Gasteiger partial charge is 0.0547 e. The van der Waals surface area contributed by atoms with E-state index in [1.54, 1.807) is 0 Å². The Morgan fingerprint density at radius 2 is 1.75 bits per heavy atom. The molecule has 0 aliphatic rings. The third kappa shape index (κ3) is 12.0. The van der Waals surface area contributed by atoms with Crippen LogP contribution in [-0.4, -0.2) is 25.3 Å². The molecule has 0 aliphatic heterocycles. The zero-order valence-electron chi connectivity index (χ0n) is 11.7. The summed E-state index contributed by atoms with van der Waals surface area (Å²) < 4.78 is 5.76. The van der Waals surface area contributed by atoms with E-state index in [-0.39, 0.29) is 0 Å². The number of hydrogen-bond acceptors (Lipinski definition) is 2. The van der Waals surface area contributed by atoms with Gasteiger partial charge in [-0.1, -0.05) is 46.5 Å². The minimum Gasteiger partial charge on any atom is -0.378 e. The molecule has 0 amide bonds. The molecule has 0 aromatic rings. The number of rotatable bonds is 11. The Morgan fingerprint density at radius 3 is 2.38 bits per heavy atom. The second-order valence-electron chi connectivity index (χ2n) is 4.99. The summed E-state index contributed by atoms with van der Waals surface area (Å²) in [6, 6.07) is 0.589. The molecular formula is C14H31NO. The molecule has 1 N–H and O–H groups in total. The highest BCUT2D eigenvalue weighted by Crippen LogP contribution is 2.07. The summed E-state index contributed by atoms with van der Waals surface area (Å²) in [4.78, 5) is 0. The fourth-order valence-electron chi connectivity index (χ4n) is 1.69. The van der Waals surface area contributed by atoms with Gasteiger partial charge >= 0.3 is 0 Å². The minimum atomic E-state index is 0.441. The zero-order valence-corrected chi connectivity index (χ0v) is 11.7. The molecule has 0 bridgehead atoms. The molecule has 0 heterocycles. The Bertz CT molecular complexity index is 137. The van der Waals surface area contributed by atoms with Crippen molar-refractivity contribution in [3.63, 3.8) is 0 Å². The van der Waals surface area contributed by atoms with Crippen LogP contribution >= 0.6 is 0 Å². The second kappa shape index (κ2) is 11.4. The van der Waals surface area contributed by atoms with Crippen LogP contribution in [0.15, 0.2) is 0 Å². The van der Waals surface area contributed by atoms with Gasteiger partial charge in [0.2, 0.25) is 0 Å². The average Bonchev–Trinajstić information content (AvgIpc) is 2.23. The Hall–Kier alpha value is -0.0800. The van der Waals surface area contributed by atoms with Crippen LogP contribution in [-0.2, 0) is 4.74 Å². The van der Waals surface area contributed by atoms with Crippen LogP contribution in [0.1, 0.15) is 66.2 Å². The van der Waals surface area contributed by atoms with Gasteiger partial charge in [0.05, 0.1) is 6.10 Å². The Morgan fingerprint density at radius 1 is 1.00 bits per heavy atom. The fraction of sp³-hybridized carbons (Fsp3) is 1.00. The number of hydrogen-bond donors (Lipinski definition) is 1. The van der Waals surface area contributed by atoms with Gasteiger partial charge in [0.1, 0.15) is 0 Å². The van der Waals surface area contributed by atoms with Crippen molar-refractivity contribution in [2.45, 2.75) is 78.4 Å². The summed E-state index contributed by atoms with van der Waals surface area (Å²) in [6.07, 6.45) is 8.14. The average molecular weight is 229 g/mol. The van der Waals surface area contributed by atoms with Crippen molar-refractivity contribution in [1.29, 1.82) is 0 Å². The first kappa shape index (κ1) is 15.9. The molecule has 0 saturated heterocycles. The summed E-state index contributed by atoms with van der Waals surface area (Å²) in [6.45, 7) is 10.8. The lowest BCUT2D eigenvalue weighted by Crippen LogP contribution is -2.25. The Balaban J connectivity index is 3.14. The lowest BCUT2D eigenvalue weighted by atomic mass is 10.1. The third-order valence-electron chi connectivity index (χ3n) is 2.74. The second-order valence-corrected chi connectivity index (χ2v) is 4.99. The summed E-state index contributed by atoms with van der Waals surface area (Å²) >= 11 is 0. The van der Waals surface area contributed by atoms with Gasteiger partial charge in [0.15, 0.2) is 0 Å². The first-order valence-electron chi connectivity index (χ1n) is 7.01. The van der Waals surface area contributed by atoms with Gasteiger partial charge in [0.25, 0.3) is 0 Å². The standard InChI is InChI=1S/C14H31NO/c1-5-6-7-8-10-14(4)16-12-9-11-15-13(2)3/h13-15H,5-12H2,1-4H3. The van der Waals surface area contributed by atoms with E-state index >= 15 is 0 Å². The first-order chi connectivity index (χ1) is 7.66. The number of ether oxygens (including phenoxy) is 1. The molecule has 0 saturated carbocycles. The van der Waals surface area contributed by atoms with Gasteiger partial charge in [-0.25, -0.2) is 0 Å². The van der Waals surface area contributed by atoms with E-state index in [0.717, 1.165) is 19.6 Å². The van der Waals surface area contributed by atoms with E-state index in [2.05, 4.69) is 33.0 Å². The fourth-order valence-corrected chi connectivity index (χ4v) is 1.69. The van der Waals surface area contributed by atoms with Crippen LogP contribution in [0.3, 0.4) is 0 Å². The summed E-state index contributed by atoms with van der Waals surface area (Å²) in [7, 11) is 0. The molecule has 0 aliphatic carbocycles. The van der Waals surface area contributed by atoms with Crippen LogP contribution in [0, 0.1) is 0 Å². The van der Waals surface area contributed by atoms with Crippen molar-refractivity contribution in [1.82, 2.24) is 5.32 Å². The van der Waals surface area contributed by atoms with Crippen molar-refractivity contribution in [3.05, 3.63) is 0 Å². The van der Waals surface area contributed by atoms with Crippen molar-refractivity contribution in [2.75, 3.05) is 13.2 Å². The largest absolute Gasteiger partial charge is 0.378 e. The molecule has 2 nitrogen and oxygen atoms in total. The lowest BCUT2D eigenvalue weighted by Gasteiger charge is -2.13. The summed E-state index contributed by atoms with van der Waals surface area (Å²) in [5, 5.41) is 3.40. The highest BCUT2D eigenvalue weighted by atomic mass is 16.5. The van der Waals surface area contributed by atoms with Gasteiger partial charge in [-0.2, -0.15) is 0 Å². The number of nitrogens with one attached hydrogen (secondary N) is 1. The molecule has 0 spiro atoms. The molecule has 1 atom stereocenters. The van der Waals surface area contributed by atoms with Crippen molar-refractivity contribution >= 4 is 0 Å². The quantitative estimate of drug-likeness (QED) is 0.545. The van der Waals surface area contributed by atoms with Crippen LogP contribution in [0.2, 0.25) is 0 Å². The van der Waals surface area contributed by atoms with Crippen molar-refractivity contribution < 1.29 is 4.74 Å². The van der Waals surface area contributed by atoms with E-state index in [9.17, 15) is 0 Å². The first-order valence-corrected chi connectivity index (χ1v) is 7.01. The van der Waals surface area contributed by atoms with E-state index in [4.69, 9.17) is 4.74 Å². The molecule has 0 aromatic carbocycles. The Kier molecular flexibility index (Phi) is 11.3. The lowest BCUT2D eigenvalue weighted by molar-refractivity contribution is 0.0568. The maximum atomic E-state index is 5.76. The monoisotopic (exact) mass is 229 g/mol. The normalized spacial score (nSPS) is 13.3. The predicted molar refractivity (Wildman–Crippen MR) is 71.9 cm³/mol. The van der Waals surface area contributed by atoms with E-state index < -0.39 is 0 Å². The van der Waals surface area contributed by atoms with Crippen LogP contribution in [0.4, 0.5) is 0 Å². The van der Waals surface area contributed by atoms with Gasteiger partial charge < -0.3 is 10.1 Å². The van der Waals surface area contributed by atoms with Crippen molar-refractivity contribution in [3.8, 4) is 0 Å². The van der Waals surface area contributed by atoms with E-state index in [1.165, 1.54) is 32.1 Å².